The molecule has 2 rings (SSSR count). The van der Waals surface area contributed by atoms with Crippen LogP contribution in [0, 0.1) is 27.3 Å². The van der Waals surface area contributed by atoms with E-state index in [0.29, 0.717) is 0 Å². The van der Waals surface area contributed by atoms with Crippen molar-refractivity contribution in [1.82, 2.24) is 9.97 Å². The molecular weight excluding hydrogens is 283 g/mol. The highest BCUT2D eigenvalue weighted by atomic mass is 19.1. The van der Waals surface area contributed by atoms with Gasteiger partial charge in [-0.15, -0.1) is 0 Å². The summed E-state index contributed by atoms with van der Waals surface area (Å²) < 4.78 is 18.8. The first kappa shape index (κ1) is 14.1. The molecule has 21 heavy (non-hydrogen) atoms. The van der Waals surface area contributed by atoms with E-state index in [1.807, 2.05) is 0 Å². The summed E-state index contributed by atoms with van der Waals surface area (Å²) >= 11 is 0. The molecular formula is C11H7FN6O3. The van der Waals surface area contributed by atoms with Crippen LogP contribution in [0.1, 0.15) is 5.56 Å². The monoisotopic (exact) mass is 290 g/mol. The topological polar surface area (TPSA) is 140 Å². The molecule has 0 unspecified atom stereocenters. The van der Waals surface area contributed by atoms with Crippen LogP contribution in [0.3, 0.4) is 0 Å². The maximum Gasteiger partial charge on any atom is 0.349 e. The molecule has 9 nitrogen and oxygen atoms in total. The van der Waals surface area contributed by atoms with E-state index in [4.69, 9.17) is 15.8 Å². The average Bonchev–Trinajstić information content (AvgIpc) is 2.48. The molecule has 0 spiro atoms. The molecule has 0 aliphatic carbocycles. The molecule has 2 aromatic rings. The van der Waals surface area contributed by atoms with Crippen molar-refractivity contribution in [1.29, 1.82) is 5.26 Å². The number of hydrogen-bond donors (Lipinski definition) is 2. The Morgan fingerprint density at radius 1 is 1.52 bits per heavy atom. The third-order valence-electron chi connectivity index (χ3n) is 2.33. The van der Waals surface area contributed by atoms with Gasteiger partial charge in [0.25, 0.3) is 0 Å². The van der Waals surface area contributed by atoms with Gasteiger partial charge in [-0.05, 0) is 18.2 Å². The first-order valence-corrected chi connectivity index (χ1v) is 5.40. The molecule has 0 bridgehead atoms. The van der Waals surface area contributed by atoms with Crippen molar-refractivity contribution in [3.63, 3.8) is 0 Å². The Morgan fingerprint density at radius 3 is 2.86 bits per heavy atom. The smallest absolute Gasteiger partial charge is 0.349 e. The van der Waals surface area contributed by atoms with Gasteiger partial charge in [0.2, 0.25) is 5.95 Å². The minimum atomic E-state index is -0.857. The van der Waals surface area contributed by atoms with E-state index in [9.17, 15) is 14.5 Å². The maximum absolute atomic E-state index is 13.7. The van der Waals surface area contributed by atoms with E-state index in [2.05, 4.69) is 15.4 Å². The van der Waals surface area contributed by atoms with Crippen molar-refractivity contribution in [2.45, 2.75) is 0 Å². The first-order chi connectivity index (χ1) is 10.0. The van der Waals surface area contributed by atoms with Gasteiger partial charge in [-0.2, -0.15) is 10.2 Å². The van der Waals surface area contributed by atoms with Crippen LogP contribution in [-0.4, -0.2) is 14.9 Å². The number of aromatic nitrogens is 2. The Hall–Kier alpha value is -3.32. The molecule has 1 aromatic carbocycles. The van der Waals surface area contributed by atoms with Gasteiger partial charge < -0.3 is 4.74 Å². The number of nitrogen functional groups attached to an aromatic ring is 1. The number of hydrazine groups is 1. The van der Waals surface area contributed by atoms with Gasteiger partial charge in [-0.3, -0.25) is 15.5 Å². The van der Waals surface area contributed by atoms with Crippen molar-refractivity contribution < 1.29 is 14.1 Å². The molecule has 10 heteroatoms. The minimum absolute atomic E-state index is 0.0846. The number of ether oxygens (including phenoxy) is 1. The summed E-state index contributed by atoms with van der Waals surface area (Å²) in [6.07, 6.45) is 0.874. The summed E-state index contributed by atoms with van der Waals surface area (Å²) in [6.45, 7) is 0. The number of rotatable bonds is 4. The summed E-state index contributed by atoms with van der Waals surface area (Å²) in [4.78, 5) is 17.3. The van der Waals surface area contributed by atoms with E-state index in [1.165, 1.54) is 6.07 Å². The Morgan fingerprint density at radius 2 is 2.29 bits per heavy atom. The normalized spacial score (nSPS) is 9.76. The summed E-state index contributed by atoms with van der Waals surface area (Å²) in [6, 6.07) is 5.15. The quantitative estimate of drug-likeness (QED) is 0.490. The molecule has 0 saturated heterocycles. The van der Waals surface area contributed by atoms with Crippen molar-refractivity contribution >= 4 is 11.6 Å². The highest BCUT2D eigenvalue weighted by molar-refractivity contribution is 5.46. The molecule has 0 atom stereocenters. The first-order valence-electron chi connectivity index (χ1n) is 5.40. The van der Waals surface area contributed by atoms with Gasteiger partial charge in [0, 0.05) is 0 Å². The third-order valence-corrected chi connectivity index (χ3v) is 2.33. The Balaban J connectivity index is 2.43. The van der Waals surface area contributed by atoms with E-state index < -0.39 is 22.3 Å². The molecule has 0 fully saturated rings. The second-order valence-corrected chi connectivity index (χ2v) is 3.64. The highest BCUT2D eigenvalue weighted by Gasteiger charge is 2.21. The van der Waals surface area contributed by atoms with Crippen molar-refractivity contribution in [2.24, 2.45) is 5.84 Å². The van der Waals surface area contributed by atoms with Crippen molar-refractivity contribution in [3.8, 4) is 17.7 Å². The molecule has 1 aromatic heterocycles. The van der Waals surface area contributed by atoms with Gasteiger partial charge in [0.1, 0.15) is 6.20 Å². The number of anilines is 1. The van der Waals surface area contributed by atoms with E-state index in [-0.39, 0.29) is 17.3 Å². The van der Waals surface area contributed by atoms with Gasteiger partial charge in [-0.25, -0.2) is 15.2 Å². The number of nitro groups is 1. The SMILES string of the molecule is N#Cc1ccc(Oc2nc(NN)ncc2[N+](=O)[O-])c(F)c1. The summed E-state index contributed by atoms with van der Waals surface area (Å²) in [5.74, 6) is 3.30. The standard InChI is InChI=1S/C11H7FN6O3/c12-7-3-6(4-13)1-2-9(7)21-10-8(18(19)20)5-15-11(16-10)17-14/h1-3,5H,14H2,(H,15,16,17). The molecule has 3 N–H and O–H groups in total. The van der Waals surface area contributed by atoms with Crippen LogP contribution >= 0.6 is 0 Å². The number of nitrogens with two attached hydrogens (primary N) is 1. The van der Waals surface area contributed by atoms with Crippen LogP contribution in [0.2, 0.25) is 0 Å². The lowest BCUT2D eigenvalue weighted by atomic mass is 10.2. The Kier molecular flexibility index (Phi) is 3.87. The highest BCUT2D eigenvalue weighted by Crippen LogP contribution is 2.30. The zero-order valence-corrected chi connectivity index (χ0v) is 10.3. The fourth-order valence-electron chi connectivity index (χ4n) is 1.39. The van der Waals surface area contributed by atoms with Crippen LogP contribution in [0.5, 0.6) is 11.6 Å². The van der Waals surface area contributed by atoms with Gasteiger partial charge in [0.15, 0.2) is 11.6 Å². The van der Waals surface area contributed by atoms with Crippen molar-refractivity contribution in [3.05, 3.63) is 45.9 Å². The summed E-state index contributed by atoms with van der Waals surface area (Å²) in [5.41, 5.74) is 1.62. The number of hydrogen-bond acceptors (Lipinski definition) is 8. The van der Waals surface area contributed by atoms with Crippen LogP contribution in [-0.2, 0) is 0 Å². The Bertz CT molecular complexity index is 745. The molecule has 106 valence electrons. The second kappa shape index (κ2) is 5.76. The Labute approximate surface area is 116 Å². The lowest BCUT2D eigenvalue weighted by Gasteiger charge is -2.07. The lowest BCUT2D eigenvalue weighted by molar-refractivity contribution is -0.386. The van der Waals surface area contributed by atoms with Crippen molar-refractivity contribution in [2.75, 3.05) is 5.43 Å². The fourth-order valence-corrected chi connectivity index (χ4v) is 1.39. The van der Waals surface area contributed by atoms with Gasteiger partial charge in [-0.1, -0.05) is 0 Å². The fraction of sp³-hybridized carbons (Fsp3) is 0. The number of benzene rings is 1. The predicted molar refractivity (Wildman–Crippen MR) is 67.7 cm³/mol. The van der Waals surface area contributed by atoms with Crippen LogP contribution in [0.15, 0.2) is 24.4 Å². The maximum atomic E-state index is 13.7. The third kappa shape index (κ3) is 2.99. The summed E-state index contributed by atoms with van der Waals surface area (Å²) in [5, 5.41) is 19.5. The zero-order valence-electron chi connectivity index (χ0n) is 10.3. The molecule has 0 saturated carbocycles. The zero-order chi connectivity index (χ0) is 15.4. The van der Waals surface area contributed by atoms with Crippen LogP contribution in [0.4, 0.5) is 16.0 Å². The number of nitrogens with one attached hydrogen (secondary N) is 1. The van der Waals surface area contributed by atoms with E-state index in [0.717, 1.165) is 18.3 Å². The second-order valence-electron chi connectivity index (χ2n) is 3.64. The van der Waals surface area contributed by atoms with Crippen LogP contribution in [0.25, 0.3) is 0 Å². The molecule has 1 heterocycles. The van der Waals surface area contributed by atoms with Gasteiger partial charge in [0.05, 0.1) is 16.6 Å². The minimum Gasteiger partial charge on any atom is -0.430 e. The van der Waals surface area contributed by atoms with Crippen LogP contribution < -0.4 is 16.0 Å². The lowest BCUT2D eigenvalue weighted by Crippen LogP contribution is -2.11. The largest absolute Gasteiger partial charge is 0.430 e. The number of halogens is 1. The summed E-state index contributed by atoms with van der Waals surface area (Å²) in [7, 11) is 0. The molecule has 0 aliphatic heterocycles. The molecule has 0 radical (unpaired) electrons. The van der Waals surface area contributed by atoms with E-state index in [1.54, 1.807) is 6.07 Å². The predicted octanol–water partition coefficient (Wildman–Crippen LogP) is 1.47. The molecule has 0 aliphatic rings. The number of nitrogens with zero attached hydrogens (tertiary/aromatic N) is 4. The van der Waals surface area contributed by atoms with E-state index >= 15 is 0 Å². The number of nitriles is 1. The molecule has 0 amide bonds. The average molecular weight is 290 g/mol. The van der Waals surface area contributed by atoms with Gasteiger partial charge >= 0.3 is 11.6 Å².